The molecule has 3 aromatic rings. The van der Waals surface area contributed by atoms with Crippen LogP contribution in [-0.2, 0) is 4.79 Å². The molecule has 3 rings (SSSR count). The number of nitrogens with two attached hydrogens (primary N) is 1. The van der Waals surface area contributed by atoms with Crippen molar-refractivity contribution in [3.05, 3.63) is 59.9 Å². The van der Waals surface area contributed by atoms with E-state index in [-0.39, 0.29) is 5.69 Å². The lowest BCUT2D eigenvalue weighted by atomic mass is 10.1. The zero-order chi connectivity index (χ0) is 20.5. The third-order valence-corrected chi connectivity index (χ3v) is 3.75. The summed E-state index contributed by atoms with van der Waals surface area (Å²) in [5.41, 5.74) is 7.56. The van der Waals surface area contributed by atoms with Gasteiger partial charge in [0.15, 0.2) is 18.1 Å². The minimum absolute atomic E-state index is 0.193. The van der Waals surface area contributed by atoms with Gasteiger partial charge < -0.3 is 16.2 Å². The number of aliphatic hydroxyl groups is 1. The minimum atomic E-state index is -1.32. The van der Waals surface area contributed by atoms with Gasteiger partial charge in [0.1, 0.15) is 5.82 Å². The van der Waals surface area contributed by atoms with Crippen molar-refractivity contribution < 1.29 is 14.7 Å². The van der Waals surface area contributed by atoms with Crippen molar-refractivity contribution in [3.63, 3.8) is 0 Å². The Morgan fingerprint density at radius 2 is 2.11 bits per heavy atom. The smallest absolute Gasteiger partial charge is 0.269 e. The fraction of sp³-hybridized carbons (Fsp3) is 0.190. The number of fused-ring (bicyclic) bond motifs is 1. The summed E-state index contributed by atoms with van der Waals surface area (Å²) in [4.78, 5) is 26.4. The molecule has 1 unspecified atom stereocenters. The summed E-state index contributed by atoms with van der Waals surface area (Å²) >= 11 is 0. The Morgan fingerprint density at radius 1 is 1.36 bits per heavy atom. The molecule has 0 bridgehead atoms. The van der Waals surface area contributed by atoms with Crippen LogP contribution in [0.4, 0.5) is 0 Å². The first-order chi connectivity index (χ1) is 13.5. The van der Waals surface area contributed by atoms with Gasteiger partial charge in [-0.15, -0.1) is 0 Å². The molecule has 7 nitrogen and oxygen atoms in total. The van der Waals surface area contributed by atoms with Crippen molar-refractivity contribution in [3.8, 4) is 23.2 Å². The van der Waals surface area contributed by atoms with Crippen LogP contribution < -0.4 is 11.1 Å². The number of carbonyl (C=O) groups excluding carboxylic acids is 2. The van der Waals surface area contributed by atoms with Crippen LogP contribution in [0.25, 0.3) is 16.9 Å². The third-order valence-electron chi connectivity index (χ3n) is 3.75. The molecular weight excluding hydrogens is 356 g/mol. The highest BCUT2D eigenvalue weighted by Gasteiger charge is 2.15. The summed E-state index contributed by atoms with van der Waals surface area (Å²) in [6.07, 6.45) is 0.832. The van der Waals surface area contributed by atoms with Crippen molar-refractivity contribution in [1.29, 1.82) is 0 Å². The maximum absolute atomic E-state index is 11.6. The summed E-state index contributed by atoms with van der Waals surface area (Å²) in [5.74, 6) is 5.10. The zero-order valence-corrected chi connectivity index (χ0v) is 15.7. The number of rotatable bonds is 4. The molecular formula is C21H22N4O3. The zero-order valence-electron chi connectivity index (χ0n) is 15.7. The van der Waals surface area contributed by atoms with E-state index in [1.54, 1.807) is 40.9 Å². The Morgan fingerprint density at radius 3 is 2.75 bits per heavy atom. The second kappa shape index (κ2) is 10.0. The van der Waals surface area contributed by atoms with Crippen LogP contribution in [0.5, 0.6) is 0 Å². The van der Waals surface area contributed by atoms with Crippen LogP contribution in [0.3, 0.4) is 0 Å². The highest BCUT2D eigenvalue weighted by Crippen LogP contribution is 2.23. The van der Waals surface area contributed by atoms with Gasteiger partial charge in [0, 0.05) is 17.3 Å². The van der Waals surface area contributed by atoms with Crippen LogP contribution in [0, 0.1) is 11.8 Å². The predicted octanol–water partition coefficient (Wildman–Crippen LogP) is 1.24. The lowest BCUT2D eigenvalue weighted by molar-refractivity contribution is -0.112. The first-order valence-electron chi connectivity index (χ1n) is 8.68. The van der Waals surface area contributed by atoms with Gasteiger partial charge in [-0.25, -0.2) is 4.98 Å². The monoisotopic (exact) mass is 378 g/mol. The Hall–Kier alpha value is -3.47. The molecule has 4 N–H and O–H groups in total. The standard InChI is InChI=1S/C18H13N3O3.C3H9N/c19-17(24)16-15-6-1-2-9-21(15)18(20-16)13-5-3-4-12(10-13)7-8-14(23)11-22;1-3-4-2/h1-6,9-11,14,23H,(H2,19,24);4H,3H2,1-2H3. The van der Waals surface area contributed by atoms with Crippen molar-refractivity contribution in [2.75, 3.05) is 13.6 Å². The molecule has 0 aliphatic heterocycles. The molecule has 28 heavy (non-hydrogen) atoms. The summed E-state index contributed by atoms with van der Waals surface area (Å²) in [6.45, 7) is 3.14. The molecule has 1 amide bonds. The number of primary amides is 1. The fourth-order valence-electron chi connectivity index (χ4n) is 2.35. The molecule has 2 aromatic heterocycles. The molecule has 144 valence electrons. The van der Waals surface area contributed by atoms with Crippen LogP contribution >= 0.6 is 0 Å². The van der Waals surface area contributed by atoms with Crippen LogP contribution in [0.15, 0.2) is 48.7 Å². The summed E-state index contributed by atoms with van der Waals surface area (Å²) < 4.78 is 1.77. The van der Waals surface area contributed by atoms with E-state index >= 15 is 0 Å². The van der Waals surface area contributed by atoms with Gasteiger partial charge in [-0.05, 0) is 37.9 Å². The molecule has 1 aromatic carbocycles. The van der Waals surface area contributed by atoms with Crippen molar-refractivity contribution in [2.45, 2.75) is 13.0 Å². The third kappa shape index (κ3) is 5.04. The minimum Gasteiger partial charge on any atom is -0.373 e. The number of hydrogen-bond acceptors (Lipinski definition) is 5. The van der Waals surface area contributed by atoms with E-state index in [2.05, 4.69) is 29.1 Å². The molecule has 0 saturated carbocycles. The Labute approximate surface area is 163 Å². The highest BCUT2D eigenvalue weighted by atomic mass is 16.3. The van der Waals surface area contributed by atoms with Gasteiger partial charge in [0.05, 0.1) is 5.52 Å². The van der Waals surface area contributed by atoms with Gasteiger partial charge >= 0.3 is 0 Å². The average molecular weight is 378 g/mol. The van der Waals surface area contributed by atoms with E-state index in [0.717, 1.165) is 12.1 Å². The summed E-state index contributed by atoms with van der Waals surface area (Å²) in [5, 5.41) is 12.1. The lowest BCUT2D eigenvalue weighted by Gasteiger charge is -2.01. The van der Waals surface area contributed by atoms with Gasteiger partial charge in [-0.2, -0.15) is 0 Å². The number of aliphatic hydroxyl groups excluding tert-OH is 1. The molecule has 2 heterocycles. The van der Waals surface area contributed by atoms with Gasteiger partial charge in [0.2, 0.25) is 0 Å². The van der Waals surface area contributed by atoms with Crippen molar-refractivity contribution in [2.24, 2.45) is 5.73 Å². The molecule has 0 aliphatic rings. The fourth-order valence-corrected chi connectivity index (χ4v) is 2.35. The average Bonchev–Trinajstić information content (AvgIpc) is 3.12. The highest BCUT2D eigenvalue weighted by molar-refractivity contribution is 5.98. The predicted molar refractivity (Wildman–Crippen MR) is 108 cm³/mol. The molecule has 1 atom stereocenters. The topological polar surface area (TPSA) is 110 Å². The normalized spacial score (nSPS) is 11.0. The molecule has 7 heteroatoms. The second-order valence-corrected chi connectivity index (χ2v) is 5.74. The van der Waals surface area contributed by atoms with E-state index < -0.39 is 12.0 Å². The van der Waals surface area contributed by atoms with E-state index in [9.17, 15) is 14.7 Å². The number of benzene rings is 1. The number of amides is 1. The molecule has 0 aliphatic carbocycles. The number of aromatic nitrogens is 2. The van der Waals surface area contributed by atoms with Crippen molar-refractivity contribution in [1.82, 2.24) is 14.7 Å². The molecule has 0 fully saturated rings. The van der Waals surface area contributed by atoms with E-state index in [4.69, 9.17) is 5.73 Å². The number of imidazole rings is 1. The molecule has 0 spiro atoms. The maximum atomic E-state index is 11.6. The summed E-state index contributed by atoms with van der Waals surface area (Å²) in [6, 6.07) is 12.5. The second-order valence-electron chi connectivity index (χ2n) is 5.74. The number of nitrogens with one attached hydrogen (secondary N) is 1. The quantitative estimate of drug-likeness (QED) is 0.467. The largest absolute Gasteiger partial charge is 0.373 e. The number of aldehydes is 1. The lowest BCUT2D eigenvalue weighted by Crippen LogP contribution is -2.11. The SMILES string of the molecule is CCNC.NC(=O)c1nc(-c2cccc(C#CC(O)C=O)c2)n2ccccc12. The van der Waals surface area contributed by atoms with E-state index in [0.29, 0.717) is 23.2 Å². The van der Waals surface area contributed by atoms with Crippen LogP contribution in [0.1, 0.15) is 23.0 Å². The van der Waals surface area contributed by atoms with Crippen LogP contribution in [0.2, 0.25) is 0 Å². The number of pyridine rings is 1. The van der Waals surface area contributed by atoms with Gasteiger partial charge in [-0.1, -0.05) is 37.0 Å². The van der Waals surface area contributed by atoms with E-state index in [1.165, 1.54) is 0 Å². The van der Waals surface area contributed by atoms with E-state index in [1.807, 2.05) is 19.2 Å². The van der Waals surface area contributed by atoms with Crippen LogP contribution in [-0.4, -0.2) is 46.4 Å². The number of nitrogens with zero attached hydrogens (tertiary/aromatic N) is 2. The Balaban J connectivity index is 0.000000640. The molecule has 0 radical (unpaired) electrons. The first-order valence-corrected chi connectivity index (χ1v) is 8.68. The Bertz CT molecular complexity index is 1030. The maximum Gasteiger partial charge on any atom is 0.269 e. The number of carbonyl (C=O) groups is 2. The van der Waals surface area contributed by atoms with Gasteiger partial charge in [0.25, 0.3) is 5.91 Å². The molecule has 0 saturated heterocycles. The van der Waals surface area contributed by atoms with Gasteiger partial charge in [-0.3, -0.25) is 14.0 Å². The first kappa shape index (κ1) is 20.8. The van der Waals surface area contributed by atoms with Crippen molar-refractivity contribution >= 4 is 17.7 Å². The Kier molecular flexibility index (Phi) is 7.45. The number of hydrogen-bond donors (Lipinski definition) is 3. The summed E-state index contributed by atoms with van der Waals surface area (Å²) in [7, 11) is 1.93.